The molecule has 1 aliphatic carbocycles. The molecule has 3 aromatic rings. The SMILES string of the molecule is Cn1cc(C2(NC(=O)c3cc4cc(C(F)(F)F)ccc4[nH]3)CC2)cn1. The summed E-state index contributed by atoms with van der Waals surface area (Å²) >= 11 is 0. The van der Waals surface area contributed by atoms with Crippen LogP contribution >= 0.6 is 0 Å². The third kappa shape index (κ3) is 2.77. The molecule has 8 heteroatoms. The van der Waals surface area contributed by atoms with E-state index in [1.165, 1.54) is 12.1 Å². The first-order valence-corrected chi connectivity index (χ1v) is 7.78. The van der Waals surface area contributed by atoms with Gasteiger partial charge in [-0.2, -0.15) is 18.3 Å². The van der Waals surface area contributed by atoms with E-state index < -0.39 is 17.3 Å². The van der Waals surface area contributed by atoms with Crippen molar-refractivity contribution in [2.45, 2.75) is 24.6 Å². The van der Waals surface area contributed by atoms with Crippen LogP contribution in [0.5, 0.6) is 0 Å². The van der Waals surface area contributed by atoms with Crippen LogP contribution in [0.25, 0.3) is 10.9 Å². The van der Waals surface area contributed by atoms with Crippen LogP contribution < -0.4 is 5.32 Å². The molecule has 2 heterocycles. The van der Waals surface area contributed by atoms with Gasteiger partial charge in [-0.05, 0) is 37.1 Å². The fraction of sp³-hybridized carbons (Fsp3) is 0.294. The standard InChI is InChI=1S/C17H15F3N4O/c1-24-9-12(8-21-24)16(4-5-16)23-15(25)14-7-10-6-11(17(18,19)20)2-3-13(10)22-14/h2-3,6-9,22H,4-5H2,1H3,(H,23,25). The maximum atomic E-state index is 12.8. The van der Waals surface area contributed by atoms with Gasteiger partial charge in [0.1, 0.15) is 5.69 Å². The molecule has 4 rings (SSSR count). The number of carbonyl (C=O) groups excluding carboxylic acids is 1. The molecule has 1 fully saturated rings. The first-order chi connectivity index (χ1) is 11.8. The van der Waals surface area contributed by atoms with E-state index in [9.17, 15) is 18.0 Å². The number of hydrogen-bond acceptors (Lipinski definition) is 2. The number of rotatable bonds is 3. The number of benzene rings is 1. The summed E-state index contributed by atoms with van der Waals surface area (Å²) in [7, 11) is 1.80. The lowest BCUT2D eigenvalue weighted by Crippen LogP contribution is -2.34. The molecule has 5 nitrogen and oxygen atoms in total. The van der Waals surface area contributed by atoms with E-state index >= 15 is 0 Å². The Bertz CT molecular complexity index is 966. The van der Waals surface area contributed by atoms with Gasteiger partial charge in [0.25, 0.3) is 5.91 Å². The fourth-order valence-corrected chi connectivity index (χ4v) is 3.00. The fourth-order valence-electron chi connectivity index (χ4n) is 3.00. The Morgan fingerprint density at radius 3 is 2.68 bits per heavy atom. The van der Waals surface area contributed by atoms with Gasteiger partial charge in [-0.1, -0.05) is 0 Å². The van der Waals surface area contributed by atoms with E-state index in [0.29, 0.717) is 10.9 Å². The molecule has 0 bridgehead atoms. The molecule has 0 atom stereocenters. The van der Waals surface area contributed by atoms with Crippen molar-refractivity contribution in [3.8, 4) is 0 Å². The van der Waals surface area contributed by atoms with Crippen molar-refractivity contribution >= 4 is 16.8 Å². The van der Waals surface area contributed by atoms with Crippen molar-refractivity contribution in [1.29, 1.82) is 0 Å². The topological polar surface area (TPSA) is 62.7 Å². The Labute approximate surface area is 140 Å². The Morgan fingerprint density at radius 2 is 2.08 bits per heavy atom. The molecule has 2 N–H and O–H groups in total. The van der Waals surface area contributed by atoms with Crippen molar-refractivity contribution in [3.05, 3.63) is 53.5 Å². The molecule has 0 saturated heterocycles. The number of amides is 1. The molecular weight excluding hydrogens is 333 g/mol. The number of halogens is 3. The van der Waals surface area contributed by atoms with Gasteiger partial charge in [0.05, 0.1) is 17.3 Å². The van der Waals surface area contributed by atoms with Crippen LogP contribution in [0.1, 0.15) is 34.5 Å². The van der Waals surface area contributed by atoms with Gasteiger partial charge in [-0.3, -0.25) is 9.48 Å². The molecule has 1 aromatic carbocycles. The molecule has 25 heavy (non-hydrogen) atoms. The number of aromatic amines is 1. The summed E-state index contributed by atoms with van der Waals surface area (Å²) < 4.78 is 40.1. The van der Waals surface area contributed by atoms with Gasteiger partial charge in [-0.25, -0.2) is 0 Å². The summed E-state index contributed by atoms with van der Waals surface area (Å²) in [5.74, 6) is -0.342. The molecule has 1 amide bonds. The van der Waals surface area contributed by atoms with Crippen molar-refractivity contribution in [2.75, 3.05) is 0 Å². The number of aromatic nitrogens is 3. The van der Waals surface area contributed by atoms with E-state index in [2.05, 4.69) is 15.4 Å². The highest BCUT2D eigenvalue weighted by atomic mass is 19.4. The second-order valence-corrected chi connectivity index (χ2v) is 6.42. The second kappa shape index (κ2) is 5.11. The molecular formula is C17H15F3N4O. The average molecular weight is 348 g/mol. The largest absolute Gasteiger partial charge is 0.416 e. The van der Waals surface area contributed by atoms with Crippen LogP contribution in [-0.2, 0) is 18.8 Å². The van der Waals surface area contributed by atoms with E-state index in [-0.39, 0.29) is 11.6 Å². The summed E-state index contributed by atoms with van der Waals surface area (Å²) in [5.41, 5.74) is 0.493. The first-order valence-electron chi connectivity index (χ1n) is 7.78. The minimum absolute atomic E-state index is 0.240. The van der Waals surface area contributed by atoms with E-state index in [0.717, 1.165) is 30.5 Å². The lowest BCUT2D eigenvalue weighted by molar-refractivity contribution is -0.137. The average Bonchev–Trinajstić information content (AvgIpc) is 2.99. The Hall–Kier alpha value is -2.77. The maximum absolute atomic E-state index is 12.8. The van der Waals surface area contributed by atoms with Gasteiger partial charge in [-0.15, -0.1) is 0 Å². The highest BCUT2D eigenvalue weighted by Gasteiger charge is 2.46. The van der Waals surface area contributed by atoms with Gasteiger partial charge in [0.2, 0.25) is 0 Å². The molecule has 0 spiro atoms. The van der Waals surface area contributed by atoms with Crippen LogP contribution in [0.2, 0.25) is 0 Å². The van der Waals surface area contributed by atoms with Gasteiger partial charge in [0, 0.05) is 29.7 Å². The Balaban J connectivity index is 1.60. The van der Waals surface area contributed by atoms with Crippen LogP contribution in [0.4, 0.5) is 13.2 Å². The lowest BCUT2D eigenvalue weighted by Gasteiger charge is -2.15. The molecule has 1 aliphatic rings. The number of nitrogens with one attached hydrogen (secondary N) is 2. The van der Waals surface area contributed by atoms with Crippen LogP contribution in [-0.4, -0.2) is 20.7 Å². The maximum Gasteiger partial charge on any atom is 0.416 e. The number of aryl methyl sites for hydroxylation is 1. The number of carbonyl (C=O) groups is 1. The van der Waals surface area contributed by atoms with Crippen LogP contribution in [0, 0.1) is 0 Å². The van der Waals surface area contributed by atoms with E-state index in [1.807, 2.05) is 6.20 Å². The third-order valence-corrected chi connectivity index (χ3v) is 4.55. The predicted octanol–water partition coefficient (Wildman–Crippen LogP) is 3.34. The van der Waals surface area contributed by atoms with E-state index in [1.54, 1.807) is 17.9 Å². The van der Waals surface area contributed by atoms with Crippen LogP contribution in [0.3, 0.4) is 0 Å². The summed E-state index contributed by atoms with van der Waals surface area (Å²) in [4.78, 5) is 15.4. The predicted molar refractivity (Wildman–Crippen MR) is 84.9 cm³/mol. The molecule has 0 radical (unpaired) electrons. The Kier molecular flexibility index (Phi) is 3.22. The highest BCUT2D eigenvalue weighted by molar-refractivity contribution is 5.98. The highest BCUT2D eigenvalue weighted by Crippen LogP contribution is 2.45. The van der Waals surface area contributed by atoms with Crippen molar-refractivity contribution in [3.63, 3.8) is 0 Å². The molecule has 130 valence electrons. The monoisotopic (exact) mass is 348 g/mol. The Morgan fingerprint density at radius 1 is 1.32 bits per heavy atom. The zero-order valence-electron chi connectivity index (χ0n) is 13.3. The minimum Gasteiger partial charge on any atom is -0.351 e. The van der Waals surface area contributed by atoms with Crippen LogP contribution in [0.15, 0.2) is 36.7 Å². The smallest absolute Gasteiger partial charge is 0.351 e. The normalized spacial score (nSPS) is 16.2. The van der Waals surface area contributed by atoms with Crippen molar-refractivity contribution in [2.24, 2.45) is 7.05 Å². The first kappa shape index (κ1) is 15.7. The number of alkyl halides is 3. The molecule has 0 aliphatic heterocycles. The quantitative estimate of drug-likeness (QED) is 0.763. The minimum atomic E-state index is -4.41. The van der Waals surface area contributed by atoms with Gasteiger partial charge in [0.15, 0.2) is 0 Å². The third-order valence-electron chi connectivity index (χ3n) is 4.55. The molecule has 0 unspecified atom stereocenters. The summed E-state index contributed by atoms with van der Waals surface area (Å²) in [5, 5.41) is 7.45. The van der Waals surface area contributed by atoms with Gasteiger partial charge < -0.3 is 10.3 Å². The zero-order valence-corrected chi connectivity index (χ0v) is 13.3. The molecule has 2 aromatic heterocycles. The number of H-pyrrole nitrogens is 1. The van der Waals surface area contributed by atoms with Crippen molar-refractivity contribution < 1.29 is 18.0 Å². The van der Waals surface area contributed by atoms with E-state index in [4.69, 9.17) is 0 Å². The number of hydrogen-bond donors (Lipinski definition) is 2. The summed E-state index contributed by atoms with van der Waals surface area (Å²) in [6, 6.07) is 4.82. The zero-order chi connectivity index (χ0) is 17.8. The number of fused-ring (bicyclic) bond motifs is 1. The number of nitrogens with zero attached hydrogens (tertiary/aromatic N) is 2. The van der Waals surface area contributed by atoms with Crippen molar-refractivity contribution in [1.82, 2.24) is 20.1 Å². The van der Waals surface area contributed by atoms with Gasteiger partial charge >= 0.3 is 6.18 Å². The summed E-state index contributed by atoms with van der Waals surface area (Å²) in [6.07, 6.45) is 0.778. The lowest BCUT2D eigenvalue weighted by atomic mass is 10.1. The second-order valence-electron chi connectivity index (χ2n) is 6.42. The summed E-state index contributed by atoms with van der Waals surface area (Å²) in [6.45, 7) is 0. The molecule has 1 saturated carbocycles.